The van der Waals surface area contributed by atoms with E-state index in [0.29, 0.717) is 17.3 Å². The Balaban J connectivity index is 1.18. The summed E-state index contributed by atoms with van der Waals surface area (Å²) in [6, 6.07) is 46.3. The lowest BCUT2D eigenvalue weighted by Gasteiger charge is -2.09. The first kappa shape index (κ1) is 24.3. The molecule has 0 aliphatic heterocycles. The molecule has 0 spiro atoms. The molecule has 0 unspecified atom stereocenters. The predicted molar refractivity (Wildman–Crippen MR) is 161 cm³/mol. The molecule has 0 N–H and O–H groups in total. The fraction of sp³-hybridized carbons (Fsp3) is 0. The fourth-order valence-electron chi connectivity index (χ4n) is 4.77. The van der Waals surface area contributed by atoms with Crippen LogP contribution in [0.25, 0.3) is 45.1 Å². The lowest BCUT2D eigenvalue weighted by Crippen LogP contribution is -1.97. The molecule has 0 fully saturated rings. The molecule has 0 radical (unpaired) electrons. The van der Waals surface area contributed by atoms with Gasteiger partial charge in [0.25, 0.3) is 0 Å². The van der Waals surface area contributed by atoms with Gasteiger partial charge in [-0.05, 0) is 29.8 Å². The molecule has 0 aliphatic rings. The van der Waals surface area contributed by atoms with Gasteiger partial charge in [-0.3, -0.25) is 0 Å². The predicted octanol–water partition coefficient (Wildman–Crippen LogP) is 8.25. The van der Waals surface area contributed by atoms with Crippen LogP contribution in [0.3, 0.4) is 0 Å². The van der Waals surface area contributed by atoms with Crippen LogP contribution in [0.4, 0.5) is 0 Å². The second kappa shape index (κ2) is 10.8. The van der Waals surface area contributed by atoms with Crippen LogP contribution in [0, 0.1) is 0 Å². The van der Waals surface area contributed by atoms with Gasteiger partial charge in [0.2, 0.25) is 0 Å². The topological polar surface area (TPSA) is 57.8 Å². The number of hydrogen-bond donors (Lipinski definition) is 0. The van der Waals surface area contributed by atoms with E-state index in [2.05, 4.69) is 40.5 Å². The molecule has 2 heterocycles. The van der Waals surface area contributed by atoms with Gasteiger partial charge in [-0.15, -0.1) is 5.10 Å². The van der Waals surface area contributed by atoms with Crippen molar-refractivity contribution in [3.63, 3.8) is 0 Å². The van der Waals surface area contributed by atoms with E-state index in [1.165, 1.54) is 0 Å². The third kappa shape index (κ3) is 5.14. The van der Waals surface area contributed by atoms with Crippen LogP contribution in [0.1, 0.15) is 0 Å². The van der Waals surface area contributed by atoms with Crippen molar-refractivity contribution in [2.75, 3.05) is 0 Å². The summed E-state index contributed by atoms with van der Waals surface area (Å²) >= 11 is 0. The van der Waals surface area contributed by atoms with Crippen molar-refractivity contribution in [2.24, 2.45) is 0 Å². The maximum atomic E-state index is 6.30. The minimum atomic E-state index is 0.675. The Morgan fingerprint density at radius 2 is 1.05 bits per heavy atom. The zero-order valence-corrected chi connectivity index (χ0v) is 22.1. The molecular formula is C35H25N5O. The van der Waals surface area contributed by atoms with Gasteiger partial charge in [0.1, 0.15) is 23.5 Å². The first-order valence-electron chi connectivity index (χ1n) is 13.4. The molecule has 7 rings (SSSR count). The molecular weight excluding hydrogens is 506 g/mol. The Morgan fingerprint density at radius 3 is 1.68 bits per heavy atom. The standard InChI is InChI=1S/C35H25N5O/c1-4-12-26(13-5-1)33-24-39(37-34(33)27-14-6-2-7-15-27)29-18-10-20-31(22-29)41-32-21-11-19-30(23-32)40-25-36-35(38-40)28-16-8-3-9-17-28/h1-25H. The Labute approximate surface area is 237 Å². The van der Waals surface area contributed by atoms with E-state index in [0.717, 1.165) is 39.3 Å². The minimum absolute atomic E-state index is 0.675. The zero-order chi connectivity index (χ0) is 27.4. The largest absolute Gasteiger partial charge is 0.457 e. The Bertz CT molecular complexity index is 1850. The highest BCUT2D eigenvalue weighted by atomic mass is 16.5. The van der Waals surface area contributed by atoms with Crippen LogP contribution in [0.5, 0.6) is 11.5 Å². The molecule has 0 aliphatic carbocycles. The molecule has 0 saturated carbocycles. The monoisotopic (exact) mass is 531 g/mol. The summed E-state index contributed by atoms with van der Waals surface area (Å²) in [6.45, 7) is 0. The lowest BCUT2D eigenvalue weighted by atomic mass is 10.0. The molecule has 2 aromatic heterocycles. The molecule has 0 saturated heterocycles. The van der Waals surface area contributed by atoms with Gasteiger partial charge < -0.3 is 4.74 Å². The van der Waals surface area contributed by atoms with Crippen LogP contribution < -0.4 is 4.74 Å². The van der Waals surface area contributed by atoms with Crippen LogP contribution >= 0.6 is 0 Å². The summed E-state index contributed by atoms with van der Waals surface area (Å²) in [5.74, 6) is 2.08. The number of hydrogen-bond acceptors (Lipinski definition) is 4. The molecule has 6 nitrogen and oxygen atoms in total. The van der Waals surface area contributed by atoms with Crippen molar-refractivity contribution < 1.29 is 4.74 Å². The highest BCUT2D eigenvalue weighted by molar-refractivity contribution is 5.80. The number of ether oxygens (including phenoxy) is 1. The van der Waals surface area contributed by atoms with Gasteiger partial charge in [-0.2, -0.15) is 5.10 Å². The number of rotatable bonds is 7. The number of aromatic nitrogens is 5. The summed E-state index contributed by atoms with van der Waals surface area (Å²) in [6.07, 6.45) is 3.79. The molecule has 6 heteroatoms. The highest BCUT2D eigenvalue weighted by Gasteiger charge is 2.14. The van der Waals surface area contributed by atoms with Gasteiger partial charge in [0.15, 0.2) is 5.82 Å². The summed E-state index contributed by atoms with van der Waals surface area (Å²) in [7, 11) is 0. The second-order valence-corrected chi connectivity index (χ2v) is 9.54. The van der Waals surface area contributed by atoms with Crippen molar-refractivity contribution in [3.8, 4) is 56.6 Å². The average molecular weight is 532 g/mol. The van der Waals surface area contributed by atoms with Gasteiger partial charge in [0, 0.05) is 35.0 Å². The first-order chi connectivity index (χ1) is 20.3. The van der Waals surface area contributed by atoms with Gasteiger partial charge in [-0.25, -0.2) is 14.3 Å². The van der Waals surface area contributed by atoms with E-state index < -0.39 is 0 Å². The number of benzene rings is 5. The molecule has 196 valence electrons. The molecule has 0 atom stereocenters. The molecule has 41 heavy (non-hydrogen) atoms. The first-order valence-corrected chi connectivity index (χ1v) is 13.4. The van der Waals surface area contributed by atoms with Crippen molar-refractivity contribution in [1.82, 2.24) is 24.5 Å². The minimum Gasteiger partial charge on any atom is -0.457 e. The normalized spacial score (nSPS) is 10.9. The third-order valence-electron chi connectivity index (χ3n) is 6.77. The van der Waals surface area contributed by atoms with Gasteiger partial charge in [-0.1, -0.05) is 103 Å². The van der Waals surface area contributed by atoms with Crippen molar-refractivity contribution in [3.05, 3.63) is 152 Å². The fourth-order valence-corrected chi connectivity index (χ4v) is 4.77. The molecule has 0 amide bonds. The molecule has 0 bridgehead atoms. The van der Waals surface area contributed by atoms with Gasteiger partial charge in [0.05, 0.1) is 11.4 Å². The van der Waals surface area contributed by atoms with Crippen molar-refractivity contribution >= 4 is 0 Å². The smallest absolute Gasteiger partial charge is 0.181 e. The SMILES string of the molecule is c1ccc(-c2ncn(-c3cccc(Oc4cccc(-n5cc(-c6ccccc6)c(-c6ccccc6)n5)c4)c3)n2)cc1. The van der Waals surface area contributed by atoms with E-state index in [9.17, 15) is 0 Å². The summed E-state index contributed by atoms with van der Waals surface area (Å²) in [5, 5.41) is 9.65. The van der Waals surface area contributed by atoms with Crippen LogP contribution in [0.2, 0.25) is 0 Å². The second-order valence-electron chi connectivity index (χ2n) is 9.54. The Hall–Kier alpha value is -5.75. The lowest BCUT2D eigenvalue weighted by molar-refractivity contribution is 0.481. The third-order valence-corrected chi connectivity index (χ3v) is 6.77. The summed E-state index contributed by atoms with van der Waals surface area (Å²) in [5.41, 5.74) is 6.92. The van der Waals surface area contributed by atoms with E-state index >= 15 is 0 Å². The number of nitrogens with zero attached hydrogens (tertiary/aromatic N) is 5. The zero-order valence-electron chi connectivity index (χ0n) is 22.1. The summed E-state index contributed by atoms with van der Waals surface area (Å²) in [4.78, 5) is 4.48. The van der Waals surface area contributed by atoms with E-state index in [1.54, 1.807) is 11.0 Å². The maximum Gasteiger partial charge on any atom is 0.181 e. The van der Waals surface area contributed by atoms with E-state index in [4.69, 9.17) is 9.84 Å². The van der Waals surface area contributed by atoms with Crippen LogP contribution in [-0.4, -0.2) is 24.5 Å². The maximum absolute atomic E-state index is 6.30. The van der Waals surface area contributed by atoms with E-state index in [-0.39, 0.29) is 0 Å². The van der Waals surface area contributed by atoms with Crippen LogP contribution in [0.15, 0.2) is 152 Å². The highest BCUT2D eigenvalue weighted by Crippen LogP contribution is 2.33. The van der Waals surface area contributed by atoms with E-state index in [1.807, 2.05) is 120 Å². The van der Waals surface area contributed by atoms with Crippen molar-refractivity contribution in [2.45, 2.75) is 0 Å². The average Bonchev–Trinajstić information content (AvgIpc) is 3.72. The Kier molecular flexibility index (Phi) is 6.39. The molecule has 7 aromatic rings. The van der Waals surface area contributed by atoms with Crippen LogP contribution in [-0.2, 0) is 0 Å². The Morgan fingerprint density at radius 1 is 0.488 bits per heavy atom. The molecule has 5 aromatic carbocycles. The van der Waals surface area contributed by atoms with Gasteiger partial charge >= 0.3 is 0 Å². The summed E-state index contributed by atoms with van der Waals surface area (Å²) < 4.78 is 9.96. The van der Waals surface area contributed by atoms with Crippen molar-refractivity contribution in [1.29, 1.82) is 0 Å². The quantitative estimate of drug-likeness (QED) is 0.208.